The molecule has 0 atom stereocenters. The van der Waals surface area contributed by atoms with E-state index in [1.807, 2.05) is 36.4 Å². The van der Waals surface area contributed by atoms with Crippen molar-refractivity contribution in [1.82, 2.24) is 4.98 Å². The summed E-state index contributed by atoms with van der Waals surface area (Å²) in [5, 5.41) is 3.48. The molecule has 1 N–H and O–H groups in total. The van der Waals surface area contributed by atoms with E-state index in [1.54, 1.807) is 19.2 Å². The number of nitrogens with zero attached hydrogens (tertiary/aromatic N) is 1. The van der Waals surface area contributed by atoms with Gasteiger partial charge in [0.25, 0.3) is 5.91 Å². The van der Waals surface area contributed by atoms with E-state index in [4.69, 9.17) is 4.74 Å². The van der Waals surface area contributed by atoms with Crippen LogP contribution in [-0.2, 0) is 6.42 Å². The Bertz CT molecular complexity index is 891. The predicted octanol–water partition coefficient (Wildman–Crippen LogP) is 5.40. The van der Waals surface area contributed by atoms with E-state index in [1.165, 1.54) is 11.3 Å². The molecule has 0 aliphatic carbocycles. The summed E-state index contributed by atoms with van der Waals surface area (Å²) in [6, 6.07) is 15.2. The number of anilines is 1. The average molecular weight is 417 g/mol. The third-order valence-corrected chi connectivity index (χ3v) is 5.35. The second-order valence-corrected chi connectivity index (χ2v) is 7.30. The molecule has 0 spiro atoms. The van der Waals surface area contributed by atoms with Gasteiger partial charge in [-0.05, 0) is 30.7 Å². The minimum atomic E-state index is -0.226. The molecule has 3 rings (SSSR count). The average Bonchev–Trinajstić information content (AvgIpc) is 3.05. The fourth-order valence-electron chi connectivity index (χ4n) is 2.47. The molecule has 0 saturated carbocycles. The first kappa shape index (κ1) is 17.6. The summed E-state index contributed by atoms with van der Waals surface area (Å²) in [7, 11) is 1.55. The highest BCUT2D eigenvalue weighted by molar-refractivity contribution is 9.10. The van der Waals surface area contributed by atoms with E-state index in [9.17, 15) is 4.79 Å². The lowest BCUT2D eigenvalue weighted by atomic mass is 10.1. The molecule has 0 saturated heterocycles. The van der Waals surface area contributed by atoms with Crippen molar-refractivity contribution >= 4 is 38.3 Å². The van der Waals surface area contributed by atoms with Gasteiger partial charge in [-0.15, -0.1) is 11.3 Å². The van der Waals surface area contributed by atoms with Gasteiger partial charge in [0.15, 0.2) is 5.13 Å². The van der Waals surface area contributed by atoms with Crippen LogP contribution in [-0.4, -0.2) is 18.0 Å². The number of aromatic nitrogens is 1. The number of ether oxygens (including phenoxy) is 1. The lowest BCUT2D eigenvalue weighted by Crippen LogP contribution is -2.12. The van der Waals surface area contributed by atoms with Crippen LogP contribution in [0.5, 0.6) is 5.75 Å². The van der Waals surface area contributed by atoms with Gasteiger partial charge < -0.3 is 4.74 Å². The quantitative estimate of drug-likeness (QED) is 0.605. The molecule has 4 nitrogen and oxygen atoms in total. The topological polar surface area (TPSA) is 51.2 Å². The lowest BCUT2D eigenvalue weighted by Gasteiger charge is -2.07. The normalized spacial score (nSPS) is 10.5. The van der Waals surface area contributed by atoms with Crippen molar-refractivity contribution in [3.63, 3.8) is 0 Å². The van der Waals surface area contributed by atoms with Crippen molar-refractivity contribution < 1.29 is 9.53 Å². The van der Waals surface area contributed by atoms with Crippen molar-refractivity contribution in [2.24, 2.45) is 0 Å². The van der Waals surface area contributed by atoms with Crippen LogP contribution in [0.15, 0.2) is 53.0 Å². The molecule has 3 aromatic rings. The van der Waals surface area contributed by atoms with Crippen molar-refractivity contribution in [2.75, 3.05) is 12.4 Å². The number of carbonyl (C=O) groups is 1. The highest BCUT2D eigenvalue weighted by Crippen LogP contribution is 2.32. The van der Waals surface area contributed by atoms with Gasteiger partial charge in [-0.1, -0.05) is 47.1 Å². The van der Waals surface area contributed by atoms with E-state index in [0.29, 0.717) is 16.4 Å². The standard InChI is InChI=1S/C19H17BrN2O2S/c1-3-16-17(12-8-10-13(20)11-9-12)21-19(25-16)22-18(23)14-6-4-5-7-15(14)24-2/h4-11H,3H2,1-2H3,(H,21,22,23). The number of methoxy groups -OCH3 is 1. The monoisotopic (exact) mass is 416 g/mol. The third-order valence-electron chi connectivity index (χ3n) is 3.71. The second kappa shape index (κ2) is 7.80. The summed E-state index contributed by atoms with van der Waals surface area (Å²) in [5.74, 6) is 0.316. The van der Waals surface area contributed by atoms with Crippen molar-refractivity contribution in [2.45, 2.75) is 13.3 Å². The fraction of sp³-hybridized carbons (Fsp3) is 0.158. The maximum Gasteiger partial charge on any atom is 0.261 e. The molecule has 25 heavy (non-hydrogen) atoms. The summed E-state index contributed by atoms with van der Waals surface area (Å²) in [5.41, 5.74) is 2.44. The zero-order valence-electron chi connectivity index (χ0n) is 13.9. The number of amides is 1. The first-order valence-corrected chi connectivity index (χ1v) is 9.43. The predicted molar refractivity (Wildman–Crippen MR) is 106 cm³/mol. The molecular weight excluding hydrogens is 400 g/mol. The Hall–Kier alpha value is -2.18. The third kappa shape index (κ3) is 3.91. The van der Waals surface area contributed by atoms with Gasteiger partial charge >= 0.3 is 0 Å². The summed E-state index contributed by atoms with van der Waals surface area (Å²) in [6.45, 7) is 2.09. The minimum Gasteiger partial charge on any atom is -0.496 e. The van der Waals surface area contributed by atoms with Crippen LogP contribution < -0.4 is 10.1 Å². The van der Waals surface area contributed by atoms with Gasteiger partial charge in [-0.3, -0.25) is 10.1 Å². The van der Waals surface area contributed by atoms with Gasteiger partial charge in [0.2, 0.25) is 0 Å². The van der Waals surface area contributed by atoms with E-state index in [2.05, 4.69) is 33.2 Å². The molecule has 0 bridgehead atoms. The molecule has 0 unspecified atom stereocenters. The van der Waals surface area contributed by atoms with Crippen LogP contribution in [0, 0.1) is 0 Å². The summed E-state index contributed by atoms with van der Waals surface area (Å²) in [6.07, 6.45) is 0.855. The Morgan fingerprint density at radius 1 is 1.20 bits per heavy atom. The van der Waals surface area contributed by atoms with Crippen molar-refractivity contribution in [1.29, 1.82) is 0 Å². The number of hydrogen-bond donors (Lipinski definition) is 1. The minimum absolute atomic E-state index is 0.226. The highest BCUT2D eigenvalue weighted by atomic mass is 79.9. The largest absolute Gasteiger partial charge is 0.496 e. The molecule has 1 amide bonds. The Labute approximate surface area is 159 Å². The number of nitrogens with one attached hydrogen (secondary N) is 1. The summed E-state index contributed by atoms with van der Waals surface area (Å²) >= 11 is 4.94. The molecule has 6 heteroatoms. The molecule has 0 fully saturated rings. The van der Waals surface area contributed by atoms with Gasteiger partial charge in [0.1, 0.15) is 5.75 Å². The zero-order valence-corrected chi connectivity index (χ0v) is 16.3. The van der Waals surface area contributed by atoms with Crippen LogP contribution in [0.3, 0.4) is 0 Å². The maximum absolute atomic E-state index is 12.6. The Morgan fingerprint density at radius 2 is 1.92 bits per heavy atom. The van der Waals surface area contributed by atoms with Crippen LogP contribution in [0.1, 0.15) is 22.2 Å². The number of hydrogen-bond acceptors (Lipinski definition) is 4. The fourth-order valence-corrected chi connectivity index (χ4v) is 3.66. The SMILES string of the molecule is CCc1sc(NC(=O)c2ccccc2OC)nc1-c1ccc(Br)cc1. The first-order chi connectivity index (χ1) is 12.1. The van der Waals surface area contributed by atoms with Crippen molar-refractivity contribution in [3.05, 3.63) is 63.4 Å². The number of aryl methyl sites for hydroxylation is 1. The van der Waals surface area contributed by atoms with Crippen LogP contribution >= 0.6 is 27.3 Å². The van der Waals surface area contributed by atoms with E-state index in [0.717, 1.165) is 27.0 Å². The molecule has 0 radical (unpaired) electrons. The van der Waals surface area contributed by atoms with Crippen molar-refractivity contribution in [3.8, 4) is 17.0 Å². The highest BCUT2D eigenvalue weighted by Gasteiger charge is 2.16. The van der Waals surface area contributed by atoms with Gasteiger partial charge in [-0.25, -0.2) is 4.98 Å². The van der Waals surface area contributed by atoms with Crippen LogP contribution in [0.4, 0.5) is 5.13 Å². The zero-order chi connectivity index (χ0) is 17.8. The lowest BCUT2D eigenvalue weighted by molar-refractivity contribution is 0.102. The van der Waals surface area contributed by atoms with Crippen LogP contribution in [0.2, 0.25) is 0 Å². The van der Waals surface area contributed by atoms with Gasteiger partial charge in [-0.2, -0.15) is 0 Å². The van der Waals surface area contributed by atoms with Crippen LogP contribution in [0.25, 0.3) is 11.3 Å². The Morgan fingerprint density at radius 3 is 2.60 bits per heavy atom. The summed E-state index contributed by atoms with van der Waals surface area (Å²) in [4.78, 5) is 18.3. The van der Waals surface area contributed by atoms with E-state index < -0.39 is 0 Å². The Balaban J connectivity index is 1.88. The number of benzene rings is 2. The number of carbonyl (C=O) groups excluding carboxylic acids is 1. The summed E-state index contributed by atoms with van der Waals surface area (Å²) < 4.78 is 6.27. The number of para-hydroxylation sites is 1. The van der Waals surface area contributed by atoms with E-state index in [-0.39, 0.29) is 5.91 Å². The van der Waals surface area contributed by atoms with E-state index >= 15 is 0 Å². The van der Waals surface area contributed by atoms with Gasteiger partial charge in [0, 0.05) is 14.9 Å². The van der Waals surface area contributed by atoms with Gasteiger partial charge in [0.05, 0.1) is 18.4 Å². The molecule has 2 aromatic carbocycles. The molecule has 0 aliphatic heterocycles. The molecule has 1 heterocycles. The molecule has 128 valence electrons. The number of thiazole rings is 1. The first-order valence-electron chi connectivity index (χ1n) is 7.82. The maximum atomic E-state index is 12.6. The molecule has 0 aliphatic rings. The molecule has 1 aromatic heterocycles. The second-order valence-electron chi connectivity index (χ2n) is 5.31. The Kier molecular flexibility index (Phi) is 5.50. The smallest absolute Gasteiger partial charge is 0.261 e. The molecular formula is C19H17BrN2O2S. The number of rotatable bonds is 5. The number of halogens is 1.